The molecular weight excluding hydrogens is 613 g/mol. The highest BCUT2D eigenvalue weighted by atomic mass is 15.2. The summed E-state index contributed by atoms with van der Waals surface area (Å²) in [5, 5.41) is 0. The van der Waals surface area contributed by atoms with Crippen LogP contribution in [-0.4, -0.2) is 19.9 Å². The van der Waals surface area contributed by atoms with Gasteiger partial charge in [0.15, 0.2) is 11.6 Å². The van der Waals surface area contributed by atoms with Crippen LogP contribution >= 0.6 is 0 Å². The highest BCUT2D eigenvalue weighted by Gasteiger charge is 2.40. The Morgan fingerprint density at radius 1 is 0.360 bits per heavy atom. The second kappa shape index (κ2) is 11.2. The number of para-hydroxylation sites is 4. The van der Waals surface area contributed by atoms with Crippen LogP contribution in [0.1, 0.15) is 49.9 Å². The summed E-state index contributed by atoms with van der Waals surface area (Å²) in [5.74, 6) is 1.26. The molecule has 2 aliphatic rings. The van der Waals surface area contributed by atoms with E-state index in [2.05, 4.69) is 147 Å². The molecule has 9 rings (SSSR count). The summed E-state index contributed by atoms with van der Waals surface area (Å²) in [6.07, 6.45) is 7.22. The van der Waals surface area contributed by atoms with Crippen LogP contribution in [0, 0.1) is 0 Å². The van der Waals surface area contributed by atoms with Crippen molar-refractivity contribution in [1.29, 1.82) is 0 Å². The largest absolute Gasteiger partial charge is 0.309 e. The number of rotatable bonds is 4. The molecule has 0 saturated carbocycles. The zero-order chi connectivity index (χ0) is 34.0. The van der Waals surface area contributed by atoms with Crippen molar-refractivity contribution >= 4 is 34.1 Å². The number of aromatic nitrogens is 4. The first-order valence-corrected chi connectivity index (χ1v) is 17.1. The molecule has 6 nitrogen and oxygen atoms in total. The first-order valence-electron chi connectivity index (χ1n) is 17.1. The highest BCUT2D eigenvalue weighted by Crippen LogP contribution is 2.57. The quantitative estimate of drug-likeness (QED) is 0.189. The molecule has 0 spiro atoms. The Balaban J connectivity index is 1.42. The van der Waals surface area contributed by atoms with E-state index < -0.39 is 0 Å². The van der Waals surface area contributed by atoms with Crippen LogP contribution in [-0.2, 0) is 10.8 Å². The van der Waals surface area contributed by atoms with E-state index in [0.717, 1.165) is 45.3 Å². The summed E-state index contributed by atoms with van der Waals surface area (Å²) in [6.45, 7) is 9.25. The number of hydrogen-bond acceptors (Lipinski definition) is 6. The standard InChI is InChI=1S/C44H36N6/c1-43(2)31-15-5-9-19-35(31)49(36-20-10-6-16-32(36)43)39-28-40(30(42-47-25-14-26-48-42)27-29(39)41-45-23-13-24-46-41)50-37-21-11-7-17-33(37)44(3,4)34-18-8-12-22-38(34)50/h5-28H,1-4H3. The van der Waals surface area contributed by atoms with Crippen LogP contribution in [0.25, 0.3) is 22.8 Å². The third kappa shape index (κ3) is 4.41. The normalized spacial score (nSPS) is 15.0. The number of hydrogen-bond donors (Lipinski definition) is 0. The molecule has 0 unspecified atom stereocenters. The van der Waals surface area contributed by atoms with E-state index in [0.29, 0.717) is 11.6 Å². The third-order valence-electron chi connectivity index (χ3n) is 10.5. The average molecular weight is 649 g/mol. The number of benzene rings is 5. The van der Waals surface area contributed by atoms with Crippen molar-refractivity contribution < 1.29 is 0 Å². The van der Waals surface area contributed by atoms with E-state index in [1.54, 1.807) is 24.8 Å². The molecule has 0 fully saturated rings. The summed E-state index contributed by atoms with van der Waals surface area (Å²) in [7, 11) is 0. The predicted octanol–water partition coefficient (Wildman–Crippen LogP) is 10.8. The van der Waals surface area contributed by atoms with Crippen LogP contribution in [0.2, 0.25) is 0 Å². The second-order valence-corrected chi connectivity index (χ2v) is 14.0. The van der Waals surface area contributed by atoms with Crippen molar-refractivity contribution in [3.05, 3.63) is 168 Å². The summed E-state index contributed by atoms with van der Waals surface area (Å²) in [6, 6.07) is 43.2. The first kappa shape index (κ1) is 30.0. The van der Waals surface area contributed by atoms with E-state index in [4.69, 9.17) is 19.9 Å². The Bertz CT molecular complexity index is 2140. The maximum atomic E-state index is 4.82. The summed E-state index contributed by atoms with van der Waals surface area (Å²) >= 11 is 0. The van der Waals surface area contributed by atoms with Gasteiger partial charge < -0.3 is 9.80 Å². The van der Waals surface area contributed by atoms with Gasteiger partial charge in [0.1, 0.15) is 0 Å². The highest BCUT2D eigenvalue weighted by molar-refractivity contribution is 6.00. The van der Waals surface area contributed by atoms with E-state index in [-0.39, 0.29) is 10.8 Å². The Morgan fingerprint density at radius 2 is 0.660 bits per heavy atom. The molecule has 2 aliphatic heterocycles. The molecule has 6 heteroatoms. The van der Waals surface area contributed by atoms with Crippen LogP contribution in [0.15, 0.2) is 146 Å². The molecule has 5 aromatic carbocycles. The van der Waals surface area contributed by atoms with Crippen LogP contribution in [0.4, 0.5) is 34.1 Å². The van der Waals surface area contributed by atoms with Gasteiger partial charge in [-0.05, 0) is 70.8 Å². The molecule has 50 heavy (non-hydrogen) atoms. The lowest BCUT2D eigenvalue weighted by Crippen LogP contribution is -2.32. The van der Waals surface area contributed by atoms with Gasteiger partial charge in [-0.25, -0.2) is 19.9 Å². The Morgan fingerprint density at radius 3 is 0.980 bits per heavy atom. The maximum absolute atomic E-state index is 4.82. The molecule has 0 atom stereocenters. The van der Waals surface area contributed by atoms with Gasteiger partial charge in [0, 0.05) is 46.7 Å². The topological polar surface area (TPSA) is 58.0 Å². The molecule has 0 aliphatic carbocycles. The van der Waals surface area contributed by atoms with Crippen molar-refractivity contribution in [2.45, 2.75) is 38.5 Å². The first-order chi connectivity index (χ1) is 24.4. The van der Waals surface area contributed by atoms with Crippen LogP contribution in [0.5, 0.6) is 0 Å². The SMILES string of the molecule is CC1(C)c2ccccc2N(c2cc(N3c4ccccc4C(C)(C)c4ccccc43)c(-c3ncccn3)cc2-c2ncccn2)c2ccccc21. The molecular formula is C44H36N6. The van der Waals surface area contributed by atoms with Gasteiger partial charge >= 0.3 is 0 Å². The van der Waals surface area contributed by atoms with Gasteiger partial charge in [-0.15, -0.1) is 0 Å². The van der Waals surface area contributed by atoms with E-state index in [9.17, 15) is 0 Å². The van der Waals surface area contributed by atoms with E-state index >= 15 is 0 Å². The van der Waals surface area contributed by atoms with Gasteiger partial charge in [-0.1, -0.05) is 100 Å². The monoisotopic (exact) mass is 648 g/mol. The Kier molecular flexibility index (Phi) is 6.71. The van der Waals surface area contributed by atoms with Gasteiger partial charge in [0.25, 0.3) is 0 Å². The second-order valence-electron chi connectivity index (χ2n) is 14.0. The van der Waals surface area contributed by atoms with Crippen LogP contribution < -0.4 is 9.80 Å². The predicted molar refractivity (Wildman–Crippen MR) is 202 cm³/mol. The summed E-state index contributed by atoms with van der Waals surface area (Å²) in [5.41, 5.74) is 12.9. The van der Waals surface area contributed by atoms with Gasteiger partial charge in [-0.2, -0.15) is 0 Å². The molecule has 4 heterocycles. The molecule has 0 saturated heterocycles. The van der Waals surface area contributed by atoms with Gasteiger partial charge in [0.2, 0.25) is 0 Å². The lowest BCUT2D eigenvalue weighted by Gasteiger charge is -2.44. The molecule has 242 valence electrons. The minimum atomic E-state index is -0.204. The summed E-state index contributed by atoms with van der Waals surface area (Å²) in [4.78, 5) is 24.1. The fourth-order valence-electron chi connectivity index (χ4n) is 8.04. The van der Waals surface area contributed by atoms with E-state index in [1.807, 2.05) is 12.1 Å². The smallest absolute Gasteiger partial charge is 0.161 e. The fraction of sp³-hybridized carbons (Fsp3) is 0.136. The van der Waals surface area contributed by atoms with Crippen molar-refractivity contribution in [1.82, 2.24) is 19.9 Å². The van der Waals surface area contributed by atoms with Gasteiger partial charge in [0.05, 0.1) is 34.1 Å². The molecule has 0 amide bonds. The zero-order valence-corrected chi connectivity index (χ0v) is 28.5. The lowest BCUT2D eigenvalue weighted by molar-refractivity contribution is 0.631. The third-order valence-corrected chi connectivity index (χ3v) is 10.5. The minimum Gasteiger partial charge on any atom is -0.309 e. The molecule has 7 aromatic rings. The molecule has 2 aromatic heterocycles. The van der Waals surface area contributed by atoms with Crippen LogP contribution in [0.3, 0.4) is 0 Å². The van der Waals surface area contributed by atoms with Crippen molar-refractivity contribution in [2.24, 2.45) is 0 Å². The lowest BCUT2D eigenvalue weighted by atomic mass is 9.73. The number of fused-ring (bicyclic) bond motifs is 4. The maximum Gasteiger partial charge on any atom is 0.161 e. The Labute approximate surface area is 292 Å². The molecule has 0 bridgehead atoms. The van der Waals surface area contributed by atoms with Crippen molar-refractivity contribution in [3.8, 4) is 22.8 Å². The van der Waals surface area contributed by atoms with Crippen molar-refractivity contribution in [2.75, 3.05) is 9.80 Å². The van der Waals surface area contributed by atoms with Crippen molar-refractivity contribution in [3.63, 3.8) is 0 Å². The Hall–Kier alpha value is -6.14. The minimum absolute atomic E-state index is 0.204. The van der Waals surface area contributed by atoms with Gasteiger partial charge in [-0.3, -0.25) is 0 Å². The van der Waals surface area contributed by atoms with E-state index in [1.165, 1.54) is 22.3 Å². The average Bonchev–Trinajstić information content (AvgIpc) is 3.16. The zero-order valence-electron chi connectivity index (χ0n) is 28.5. The number of nitrogens with zero attached hydrogens (tertiary/aromatic N) is 6. The number of anilines is 6. The molecule has 0 N–H and O–H groups in total. The molecule has 0 radical (unpaired) electrons. The summed E-state index contributed by atoms with van der Waals surface area (Å²) < 4.78 is 0. The fourth-order valence-corrected chi connectivity index (χ4v) is 8.04.